The maximum atomic E-state index is 12.3. The van der Waals surface area contributed by atoms with Gasteiger partial charge in [0, 0.05) is 31.7 Å². The number of carbonyl (C=O) groups is 1. The van der Waals surface area contributed by atoms with Gasteiger partial charge in [-0.3, -0.25) is 9.69 Å². The average Bonchev–Trinajstić information content (AvgIpc) is 2.95. The summed E-state index contributed by atoms with van der Waals surface area (Å²) < 4.78 is 16.2. The first-order valence-electron chi connectivity index (χ1n) is 7.78. The monoisotopic (exact) mass is 340 g/mol. The van der Waals surface area contributed by atoms with Crippen molar-refractivity contribution in [2.24, 2.45) is 0 Å². The summed E-state index contributed by atoms with van der Waals surface area (Å²) in [7, 11) is 0. The molecule has 0 aliphatic carbocycles. The lowest BCUT2D eigenvalue weighted by molar-refractivity contribution is -0.0672. The fourth-order valence-electron chi connectivity index (χ4n) is 3.00. The number of nitrogens with zero attached hydrogens (tertiary/aromatic N) is 1. The van der Waals surface area contributed by atoms with Crippen LogP contribution in [-0.4, -0.2) is 56.0 Å². The smallest absolute Gasteiger partial charge is 0.251 e. The van der Waals surface area contributed by atoms with Gasteiger partial charge >= 0.3 is 0 Å². The highest BCUT2D eigenvalue weighted by Crippen LogP contribution is 2.39. The summed E-state index contributed by atoms with van der Waals surface area (Å²) in [4.78, 5) is 14.6. The van der Waals surface area contributed by atoms with Crippen molar-refractivity contribution < 1.29 is 19.0 Å². The van der Waals surface area contributed by atoms with Crippen molar-refractivity contribution in [1.29, 1.82) is 0 Å². The molecule has 0 spiro atoms. The first-order chi connectivity index (χ1) is 11.0. The number of halogens is 1. The summed E-state index contributed by atoms with van der Waals surface area (Å²) in [5.41, 5.74) is 0.475. The Labute approximate surface area is 140 Å². The highest BCUT2D eigenvalue weighted by molar-refractivity contribution is 6.32. The zero-order chi connectivity index (χ0) is 16.4. The van der Waals surface area contributed by atoms with Crippen LogP contribution < -0.4 is 14.8 Å². The largest absolute Gasteiger partial charge is 0.454 e. The van der Waals surface area contributed by atoms with E-state index in [9.17, 15) is 4.79 Å². The molecule has 2 atom stereocenters. The van der Waals surface area contributed by atoms with Gasteiger partial charge in [-0.05, 0) is 26.0 Å². The molecule has 3 rings (SSSR count). The van der Waals surface area contributed by atoms with Gasteiger partial charge < -0.3 is 19.5 Å². The van der Waals surface area contributed by atoms with E-state index >= 15 is 0 Å². The number of amides is 1. The first kappa shape index (κ1) is 16.4. The molecule has 1 aromatic rings. The van der Waals surface area contributed by atoms with E-state index in [0.717, 1.165) is 19.6 Å². The fraction of sp³-hybridized carbons (Fsp3) is 0.562. The minimum Gasteiger partial charge on any atom is -0.454 e. The summed E-state index contributed by atoms with van der Waals surface area (Å²) in [6.07, 6.45) is 0.448. The van der Waals surface area contributed by atoms with E-state index in [4.69, 9.17) is 25.8 Å². The normalized spacial score (nSPS) is 23.8. The number of rotatable bonds is 4. The molecule has 1 saturated heterocycles. The number of hydrogen-bond acceptors (Lipinski definition) is 5. The minimum atomic E-state index is -0.167. The van der Waals surface area contributed by atoms with Gasteiger partial charge in [0.25, 0.3) is 5.91 Å². The second-order valence-electron chi connectivity index (χ2n) is 5.96. The lowest BCUT2D eigenvalue weighted by Crippen LogP contribution is -2.47. The summed E-state index contributed by atoms with van der Waals surface area (Å²) >= 11 is 6.10. The molecule has 1 fully saturated rings. The molecule has 1 N–H and O–H groups in total. The van der Waals surface area contributed by atoms with Crippen LogP contribution in [0.25, 0.3) is 0 Å². The molecular weight excluding hydrogens is 320 g/mol. The van der Waals surface area contributed by atoms with Crippen LogP contribution in [0.2, 0.25) is 5.02 Å². The highest BCUT2D eigenvalue weighted by Gasteiger charge is 2.23. The lowest BCUT2D eigenvalue weighted by atomic mass is 10.2. The van der Waals surface area contributed by atoms with Crippen LogP contribution in [0.3, 0.4) is 0 Å². The predicted octanol–water partition coefficient (Wildman–Crippen LogP) is 1.91. The molecule has 0 saturated carbocycles. The summed E-state index contributed by atoms with van der Waals surface area (Å²) in [6.45, 7) is 7.40. The maximum Gasteiger partial charge on any atom is 0.251 e. The van der Waals surface area contributed by atoms with E-state index < -0.39 is 0 Å². The Morgan fingerprint density at radius 3 is 2.78 bits per heavy atom. The molecule has 2 aliphatic rings. The van der Waals surface area contributed by atoms with Gasteiger partial charge in [-0.1, -0.05) is 11.6 Å². The number of nitrogens with one attached hydrogen (secondary N) is 1. The quantitative estimate of drug-likeness (QED) is 0.907. The van der Waals surface area contributed by atoms with Crippen LogP contribution in [0, 0.1) is 0 Å². The third kappa shape index (κ3) is 3.88. The van der Waals surface area contributed by atoms with Crippen LogP contribution in [0.15, 0.2) is 12.1 Å². The van der Waals surface area contributed by atoms with Crippen molar-refractivity contribution in [3.8, 4) is 11.5 Å². The number of carbonyl (C=O) groups excluding carboxylic acids is 1. The van der Waals surface area contributed by atoms with Gasteiger partial charge in [0.2, 0.25) is 6.79 Å². The van der Waals surface area contributed by atoms with Crippen LogP contribution in [0.4, 0.5) is 0 Å². The van der Waals surface area contributed by atoms with Gasteiger partial charge in [0.15, 0.2) is 11.5 Å². The van der Waals surface area contributed by atoms with Crippen LogP contribution in [0.5, 0.6) is 11.5 Å². The van der Waals surface area contributed by atoms with Crippen molar-refractivity contribution in [1.82, 2.24) is 10.2 Å². The molecule has 0 bridgehead atoms. The standard InChI is InChI=1S/C16H21ClN2O4/c1-10-7-19(8-11(2)23-10)4-3-18-16(20)12-5-13(17)15-14(6-12)21-9-22-15/h5-6,10-11H,3-4,7-9H2,1-2H3,(H,18,20). The Morgan fingerprint density at radius 1 is 1.30 bits per heavy atom. The third-order valence-corrected chi connectivity index (χ3v) is 4.18. The van der Waals surface area contributed by atoms with Crippen LogP contribution in [-0.2, 0) is 4.74 Å². The predicted molar refractivity (Wildman–Crippen MR) is 86.4 cm³/mol. The zero-order valence-corrected chi connectivity index (χ0v) is 14.1. The summed E-state index contributed by atoms with van der Waals surface area (Å²) in [6, 6.07) is 3.26. The number of hydrogen-bond donors (Lipinski definition) is 1. The van der Waals surface area contributed by atoms with Crippen LogP contribution >= 0.6 is 11.6 Å². The van der Waals surface area contributed by atoms with Gasteiger partial charge in [0.1, 0.15) is 0 Å². The van der Waals surface area contributed by atoms with Crippen molar-refractivity contribution in [2.75, 3.05) is 33.0 Å². The number of fused-ring (bicyclic) bond motifs is 1. The average molecular weight is 341 g/mol. The van der Waals surface area contributed by atoms with E-state index in [1.54, 1.807) is 12.1 Å². The van der Waals surface area contributed by atoms with Gasteiger partial charge in [-0.2, -0.15) is 0 Å². The zero-order valence-electron chi connectivity index (χ0n) is 13.3. The molecule has 7 heteroatoms. The van der Waals surface area contributed by atoms with Gasteiger partial charge in [0.05, 0.1) is 17.2 Å². The molecule has 6 nitrogen and oxygen atoms in total. The second kappa shape index (κ2) is 6.95. The Hall–Kier alpha value is -1.50. The Morgan fingerprint density at radius 2 is 2.04 bits per heavy atom. The molecule has 23 heavy (non-hydrogen) atoms. The molecule has 126 valence electrons. The molecule has 0 radical (unpaired) electrons. The van der Waals surface area contributed by atoms with E-state index in [2.05, 4.69) is 24.1 Å². The maximum absolute atomic E-state index is 12.3. The van der Waals surface area contributed by atoms with E-state index in [1.807, 2.05) is 0 Å². The molecular formula is C16H21ClN2O4. The highest BCUT2D eigenvalue weighted by atomic mass is 35.5. The number of morpholine rings is 1. The van der Waals surface area contributed by atoms with Crippen molar-refractivity contribution in [2.45, 2.75) is 26.1 Å². The fourth-order valence-corrected chi connectivity index (χ4v) is 3.26. The lowest BCUT2D eigenvalue weighted by Gasteiger charge is -2.35. The molecule has 1 aromatic carbocycles. The summed E-state index contributed by atoms with van der Waals surface area (Å²) in [5, 5.41) is 3.31. The number of ether oxygens (including phenoxy) is 3. The SMILES string of the molecule is CC1CN(CCNC(=O)c2cc(Cl)c3c(c2)OCO3)CC(C)O1. The minimum absolute atomic E-state index is 0.132. The van der Waals surface area contributed by atoms with E-state index in [-0.39, 0.29) is 24.9 Å². The first-order valence-corrected chi connectivity index (χ1v) is 8.16. The molecule has 2 unspecified atom stereocenters. The van der Waals surface area contributed by atoms with Crippen molar-refractivity contribution in [3.63, 3.8) is 0 Å². The van der Waals surface area contributed by atoms with Crippen molar-refractivity contribution in [3.05, 3.63) is 22.7 Å². The second-order valence-corrected chi connectivity index (χ2v) is 6.37. The van der Waals surface area contributed by atoms with Crippen LogP contribution in [0.1, 0.15) is 24.2 Å². The molecule has 2 aliphatic heterocycles. The Balaban J connectivity index is 1.53. The Kier molecular flexibility index (Phi) is 4.94. The third-order valence-electron chi connectivity index (χ3n) is 3.90. The van der Waals surface area contributed by atoms with Crippen molar-refractivity contribution >= 4 is 17.5 Å². The number of benzene rings is 1. The van der Waals surface area contributed by atoms with E-state index in [0.29, 0.717) is 28.6 Å². The van der Waals surface area contributed by atoms with E-state index in [1.165, 1.54) is 0 Å². The Bertz CT molecular complexity index is 586. The molecule has 1 amide bonds. The topological polar surface area (TPSA) is 60.0 Å². The van der Waals surface area contributed by atoms with Gasteiger partial charge in [-0.25, -0.2) is 0 Å². The molecule has 2 heterocycles. The van der Waals surface area contributed by atoms with Gasteiger partial charge in [-0.15, -0.1) is 0 Å². The molecule has 0 aromatic heterocycles. The summed E-state index contributed by atoms with van der Waals surface area (Å²) in [5.74, 6) is 0.845.